The van der Waals surface area contributed by atoms with Crippen LogP contribution in [0.4, 0.5) is 0 Å². The van der Waals surface area contributed by atoms with Crippen molar-refractivity contribution in [2.24, 2.45) is 0 Å². The summed E-state index contributed by atoms with van der Waals surface area (Å²) in [6, 6.07) is 9.87. The first-order valence-corrected chi connectivity index (χ1v) is 6.68. The van der Waals surface area contributed by atoms with Gasteiger partial charge >= 0.3 is 0 Å². The Morgan fingerprint density at radius 3 is 2.63 bits per heavy atom. The van der Waals surface area contributed by atoms with E-state index in [1.807, 2.05) is 48.9 Å². The van der Waals surface area contributed by atoms with Crippen LogP contribution in [0.5, 0.6) is 0 Å². The number of nitrogens with zero attached hydrogens (tertiary/aromatic N) is 2. The Balaban J connectivity index is 2.33. The molecule has 0 aliphatic carbocycles. The first-order valence-electron chi connectivity index (χ1n) is 6.68. The minimum atomic E-state index is -0.0409. The summed E-state index contributed by atoms with van der Waals surface area (Å²) in [4.78, 5) is 12.1. The summed E-state index contributed by atoms with van der Waals surface area (Å²) in [5, 5.41) is 7.24. The fraction of sp³-hybridized carbons (Fsp3) is 0.333. The van der Waals surface area contributed by atoms with Crippen LogP contribution in [0.25, 0.3) is 5.69 Å². The van der Waals surface area contributed by atoms with Crippen LogP contribution in [-0.2, 0) is 6.42 Å². The van der Waals surface area contributed by atoms with Gasteiger partial charge in [-0.15, -0.1) is 0 Å². The minimum absolute atomic E-state index is 0.0409. The van der Waals surface area contributed by atoms with Crippen molar-refractivity contribution in [3.8, 4) is 5.69 Å². The van der Waals surface area contributed by atoms with Gasteiger partial charge in [-0.3, -0.25) is 4.79 Å². The summed E-state index contributed by atoms with van der Waals surface area (Å²) in [5.41, 5.74) is 2.59. The van der Waals surface area contributed by atoms with E-state index in [1.165, 1.54) is 0 Å². The second-order valence-corrected chi connectivity index (χ2v) is 4.36. The zero-order chi connectivity index (χ0) is 13.7. The van der Waals surface area contributed by atoms with E-state index < -0.39 is 0 Å². The first-order chi connectivity index (χ1) is 9.27. The van der Waals surface area contributed by atoms with E-state index in [0.29, 0.717) is 12.1 Å². The van der Waals surface area contributed by atoms with E-state index in [0.717, 1.165) is 24.2 Å². The molecule has 1 aromatic heterocycles. The van der Waals surface area contributed by atoms with Gasteiger partial charge in [0.25, 0.3) is 5.91 Å². The predicted molar refractivity (Wildman–Crippen MR) is 75.6 cm³/mol. The molecule has 100 valence electrons. The lowest BCUT2D eigenvalue weighted by molar-refractivity contribution is 0.0952. The maximum atomic E-state index is 12.1. The van der Waals surface area contributed by atoms with Crippen LogP contribution in [0, 0.1) is 0 Å². The van der Waals surface area contributed by atoms with Crippen LogP contribution in [0.1, 0.15) is 36.3 Å². The number of hydrogen-bond acceptors (Lipinski definition) is 2. The van der Waals surface area contributed by atoms with Crippen LogP contribution in [-0.4, -0.2) is 22.2 Å². The highest BCUT2D eigenvalue weighted by molar-refractivity contribution is 5.95. The number of aromatic nitrogens is 2. The molecular weight excluding hydrogens is 238 g/mol. The summed E-state index contributed by atoms with van der Waals surface area (Å²) in [6.07, 6.45) is 3.35. The van der Waals surface area contributed by atoms with E-state index in [1.54, 1.807) is 6.20 Å². The van der Waals surface area contributed by atoms with Gasteiger partial charge in [-0.2, -0.15) is 5.10 Å². The maximum Gasteiger partial charge on any atom is 0.254 e. The highest BCUT2D eigenvalue weighted by Gasteiger charge is 2.16. The molecule has 4 heteroatoms. The molecule has 19 heavy (non-hydrogen) atoms. The highest BCUT2D eigenvalue weighted by Crippen LogP contribution is 2.15. The fourth-order valence-corrected chi connectivity index (χ4v) is 2.03. The summed E-state index contributed by atoms with van der Waals surface area (Å²) in [7, 11) is 0. The van der Waals surface area contributed by atoms with Crippen LogP contribution in [0.2, 0.25) is 0 Å². The Labute approximate surface area is 113 Å². The number of carbonyl (C=O) groups is 1. The molecule has 2 rings (SSSR count). The number of para-hydroxylation sites is 1. The molecular formula is C15H19N3O. The molecule has 2 aromatic rings. The average Bonchev–Trinajstić information content (AvgIpc) is 2.89. The zero-order valence-electron chi connectivity index (χ0n) is 11.4. The topological polar surface area (TPSA) is 46.9 Å². The van der Waals surface area contributed by atoms with Gasteiger partial charge in [0.15, 0.2) is 0 Å². The number of amides is 1. The van der Waals surface area contributed by atoms with E-state index in [9.17, 15) is 4.79 Å². The first kappa shape index (κ1) is 13.3. The van der Waals surface area contributed by atoms with E-state index in [4.69, 9.17) is 0 Å². The van der Waals surface area contributed by atoms with Crippen LogP contribution < -0.4 is 5.32 Å². The largest absolute Gasteiger partial charge is 0.352 e. The molecule has 0 saturated carbocycles. The number of hydrogen-bond donors (Lipinski definition) is 1. The van der Waals surface area contributed by atoms with Crippen molar-refractivity contribution >= 4 is 5.91 Å². The van der Waals surface area contributed by atoms with Crippen LogP contribution >= 0.6 is 0 Å². The number of nitrogens with one attached hydrogen (secondary N) is 1. The molecule has 0 fully saturated rings. The second-order valence-electron chi connectivity index (χ2n) is 4.36. The Morgan fingerprint density at radius 1 is 1.26 bits per heavy atom. The zero-order valence-corrected chi connectivity index (χ0v) is 11.4. The van der Waals surface area contributed by atoms with E-state index >= 15 is 0 Å². The lowest BCUT2D eigenvalue weighted by Gasteiger charge is -2.08. The molecule has 0 saturated heterocycles. The van der Waals surface area contributed by atoms with Gasteiger partial charge in [-0.25, -0.2) is 4.68 Å². The van der Waals surface area contributed by atoms with Gasteiger partial charge in [0.1, 0.15) is 0 Å². The number of rotatable bonds is 5. The normalized spacial score (nSPS) is 10.4. The summed E-state index contributed by atoms with van der Waals surface area (Å²) in [5.74, 6) is -0.0409. The Morgan fingerprint density at radius 2 is 2.00 bits per heavy atom. The van der Waals surface area contributed by atoms with Gasteiger partial charge in [-0.05, 0) is 25.0 Å². The molecule has 1 N–H and O–H groups in total. The van der Waals surface area contributed by atoms with Gasteiger partial charge in [0, 0.05) is 6.54 Å². The Bertz CT molecular complexity index is 546. The summed E-state index contributed by atoms with van der Waals surface area (Å²) < 4.78 is 1.83. The SMILES string of the molecule is CCCNC(=O)c1cnn(-c2ccccc2)c1CC. The standard InChI is InChI=1S/C15H19N3O/c1-3-10-16-15(19)13-11-17-18(14(13)4-2)12-8-6-5-7-9-12/h5-9,11H,3-4,10H2,1-2H3,(H,16,19). The van der Waals surface area contributed by atoms with Crippen LogP contribution in [0.15, 0.2) is 36.5 Å². The van der Waals surface area contributed by atoms with E-state index in [2.05, 4.69) is 10.4 Å². The number of carbonyl (C=O) groups excluding carboxylic acids is 1. The van der Waals surface area contributed by atoms with Crippen molar-refractivity contribution in [3.63, 3.8) is 0 Å². The van der Waals surface area contributed by atoms with Crippen molar-refractivity contribution in [3.05, 3.63) is 47.8 Å². The molecule has 1 aromatic carbocycles. The van der Waals surface area contributed by atoms with E-state index in [-0.39, 0.29) is 5.91 Å². The minimum Gasteiger partial charge on any atom is -0.352 e. The molecule has 1 amide bonds. The Hall–Kier alpha value is -2.10. The molecule has 0 unspecified atom stereocenters. The van der Waals surface area contributed by atoms with Gasteiger partial charge in [-0.1, -0.05) is 32.0 Å². The second kappa shape index (κ2) is 6.18. The van der Waals surface area contributed by atoms with Gasteiger partial charge in [0.2, 0.25) is 0 Å². The molecule has 0 bridgehead atoms. The lowest BCUT2D eigenvalue weighted by atomic mass is 10.2. The lowest BCUT2D eigenvalue weighted by Crippen LogP contribution is -2.24. The quantitative estimate of drug-likeness (QED) is 0.895. The molecule has 0 atom stereocenters. The highest BCUT2D eigenvalue weighted by atomic mass is 16.1. The molecule has 0 spiro atoms. The van der Waals surface area contributed by atoms with Crippen molar-refractivity contribution < 1.29 is 4.79 Å². The summed E-state index contributed by atoms with van der Waals surface area (Å²) in [6.45, 7) is 4.76. The third-order valence-corrected chi connectivity index (χ3v) is 2.98. The third kappa shape index (κ3) is 2.84. The summed E-state index contributed by atoms with van der Waals surface area (Å²) >= 11 is 0. The molecule has 1 heterocycles. The van der Waals surface area contributed by atoms with Crippen molar-refractivity contribution in [2.75, 3.05) is 6.54 Å². The smallest absolute Gasteiger partial charge is 0.254 e. The van der Waals surface area contributed by atoms with Gasteiger partial charge in [0.05, 0.1) is 23.1 Å². The van der Waals surface area contributed by atoms with Crippen molar-refractivity contribution in [1.82, 2.24) is 15.1 Å². The molecule has 0 radical (unpaired) electrons. The van der Waals surface area contributed by atoms with Crippen molar-refractivity contribution in [2.45, 2.75) is 26.7 Å². The molecule has 0 aliphatic rings. The Kier molecular flexibility index (Phi) is 4.34. The van der Waals surface area contributed by atoms with Crippen LogP contribution in [0.3, 0.4) is 0 Å². The maximum absolute atomic E-state index is 12.1. The predicted octanol–water partition coefficient (Wildman–Crippen LogP) is 2.57. The molecule has 0 aliphatic heterocycles. The van der Waals surface area contributed by atoms with Gasteiger partial charge < -0.3 is 5.32 Å². The fourth-order valence-electron chi connectivity index (χ4n) is 2.03. The van der Waals surface area contributed by atoms with Crippen molar-refractivity contribution in [1.29, 1.82) is 0 Å². The average molecular weight is 257 g/mol. The monoisotopic (exact) mass is 257 g/mol. The molecule has 4 nitrogen and oxygen atoms in total. The third-order valence-electron chi connectivity index (χ3n) is 2.98. The number of benzene rings is 1.